The van der Waals surface area contributed by atoms with E-state index in [-0.39, 0.29) is 0 Å². The Kier molecular flexibility index (Phi) is 4.60. The van der Waals surface area contributed by atoms with Gasteiger partial charge < -0.3 is 5.32 Å². The second kappa shape index (κ2) is 5.98. The molecule has 0 fully saturated rings. The summed E-state index contributed by atoms with van der Waals surface area (Å²) in [5, 5.41) is 4.87. The summed E-state index contributed by atoms with van der Waals surface area (Å²) in [5.41, 5.74) is 1.54. The largest absolute Gasteiger partial charge is 0.312 e. The van der Waals surface area contributed by atoms with Crippen LogP contribution in [0.2, 0.25) is 0 Å². The molecule has 0 unspecified atom stereocenters. The van der Waals surface area contributed by atoms with E-state index in [4.69, 9.17) is 0 Å². The second-order valence-electron chi connectivity index (χ2n) is 4.17. The third-order valence-electron chi connectivity index (χ3n) is 2.87. The normalized spacial score (nSPS) is 11.2. The van der Waals surface area contributed by atoms with Gasteiger partial charge in [0.2, 0.25) is 0 Å². The van der Waals surface area contributed by atoms with Crippen molar-refractivity contribution < 1.29 is 0 Å². The van der Waals surface area contributed by atoms with Crippen molar-refractivity contribution in [3.63, 3.8) is 0 Å². The lowest BCUT2D eigenvalue weighted by Gasteiger charge is -2.03. The highest BCUT2D eigenvalue weighted by Gasteiger charge is 2.11. The van der Waals surface area contributed by atoms with Crippen LogP contribution in [-0.2, 0) is 13.0 Å². The number of thiophene rings is 1. The average molecular weight is 312 g/mol. The fourth-order valence-electron chi connectivity index (χ4n) is 2.08. The van der Waals surface area contributed by atoms with Crippen molar-refractivity contribution in [1.82, 2.24) is 5.32 Å². The summed E-state index contributed by atoms with van der Waals surface area (Å²) in [6.45, 7) is 6.44. The maximum atomic E-state index is 3.57. The van der Waals surface area contributed by atoms with Gasteiger partial charge in [0.05, 0.1) is 0 Å². The third-order valence-corrected chi connectivity index (χ3v) is 4.58. The maximum Gasteiger partial charge on any atom is 0.0349 e. The molecule has 0 amide bonds. The van der Waals surface area contributed by atoms with Gasteiger partial charge in [-0.3, -0.25) is 0 Å². The summed E-state index contributed by atoms with van der Waals surface area (Å²) in [6.07, 6.45) is 2.38. The van der Waals surface area contributed by atoms with Gasteiger partial charge in [-0.2, -0.15) is 0 Å². The summed E-state index contributed by atoms with van der Waals surface area (Å²) < 4.78 is 2.58. The zero-order valence-corrected chi connectivity index (χ0v) is 12.7. The summed E-state index contributed by atoms with van der Waals surface area (Å²) in [5.74, 6) is 0. The van der Waals surface area contributed by atoms with Gasteiger partial charge in [-0.25, -0.2) is 0 Å². The molecule has 0 saturated heterocycles. The maximum absolute atomic E-state index is 3.57. The van der Waals surface area contributed by atoms with Crippen LogP contribution in [0, 0.1) is 0 Å². The fourth-order valence-corrected chi connectivity index (χ4v) is 3.64. The molecule has 92 valence electrons. The summed E-state index contributed by atoms with van der Waals surface area (Å²) in [7, 11) is 0. The molecule has 1 heterocycles. The Morgan fingerprint density at radius 2 is 2.12 bits per heavy atom. The molecule has 1 aromatic heterocycles. The lowest BCUT2D eigenvalue weighted by Crippen LogP contribution is -2.11. The number of hydrogen-bond donors (Lipinski definition) is 1. The van der Waals surface area contributed by atoms with Crippen molar-refractivity contribution >= 4 is 37.4 Å². The number of benzene rings is 1. The molecule has 0 aliphatic heterocycles. The molecule has 2 rings (SSSR count). The standard InChI is InChI=1S/C14H18BrNS/c1-3-5-11-12-8-10(15)6-7-13(12)17-14(11)9-16-4-2/h6-8,16H,3-5,9H2,1-2H3. The molecule has 0 aliphatic carbocycles. The van der Waals surface area contributed by atoms with Gasteiger partial charge in [0.15, 0.2) is 0 Å². The van der Waals surface area contributed by atoms with Crippen molar-refractivity contribution in [2.45, 2.75) is 33.2 Å². The first-order valence-corrected chi connectivity index (χ1v) is 7.77. The molecule has 0 atom stereocenters. The van der Waals surface area contributed by atoms with E-state index in [0.29, 0.717) is 0 Å². The van der Waals surface area contributed by atoms with Gasteiger partial charge in [-0.05, 0) is 42.1 Å². The molecule has 1 nitrogen and oxygen atoms in total. The molecule has 1 aromatic carbocycles. The quantitative estimate of drug-likeness (QED) is 0.842. The number of aryl methyl sites for hydroxylation is 1. The molecule has 17 heavy (non-hydrogen) atoms. The molecule has 3 heteroatoms. The van der Waals surface area contributed by atoms with E-state index in [9.17, 15) is 0 Å². The molecule has 0 bridgehead atoms. The van der Waals surface area contributed by atoms with Crippen LogP contribution in [0.4, 0.5) is 0 Å². The smallest absolute Gasteiger partial charge is 0.0349 e. The van der Waals surface area contributed by atoms with Crippen molar-refractivity contribution in [2.24, 2.45) is 0 Å². The summed E-state index contributed by atoms with van der Waals surface area (Å²) in [4.78, 5) is 1.50. The van der Waals surface area contributed by atoms with Crippen LogP contribution in [0.5, 0.6) is 0 Å². The van der Waals surface area contributed by atoms with Crippen LogP contribution >= 0.6 is 27.3 Å². The van der Waals surface area contributed by atoms with Gasteiger partial charge in [-0.1, -0.05) is 36.2 Å². The van der Waals surface area contributed by atoms with E-state index in [1.807, 2.05) is 11.3 Å². The molecule has 0 aliphatic rings. The van der Waals surface area contributed by atoms with Crippen molar-refractivity contribution in [1.29, 1.82) is 0 Å². The van der Waals surface area contributed by atoms with E-state index in [0.717, 1.165) is 13.1 Å². The number of hydrogen-bond acceptors (Lipinski definition) is 2. The summed E-state index contributed by atoms with van der Waals surface area (Å²) >= 11 is 5.50. The molecule has 0 saturated carbocycles. The highest BCUT2D eigenvalue weighted by Crippen LogP contribution is 2.34. The molecular formula is C14H18BrNS. The molecule has 1 N–H and O–H groups in total. The summed E-state index contributed by atoms with van der Waals surface area (Å²) in [6, 6.07) is 6.61. The molecule has 2 aromatic rings. The lowest BCUT2D eigenvalue weighted by molar-refractivity contribution is 0.728. The van der Waals surface area contributed by atoms with Crippen molar-refractivity contribution in [3.8, 4) is 0 Å². The van der Waals surface area contributed by atoms with Gasteiger partial charge in [0.25, 0.3) is 0 Å². The highest BCUT2D eigenvalue weighted by molar-refractivity contribution is 9.10. The fraction of sp³-hybridized carbons (Fsp3) is 0.429. The Balaban J connectivity index is 2.46. The van der Waals surface area contributed by atoms with Crippen LogP contribution in [0.15, 0.2) is 22.7 Å². The van der Waals surface area contributed by atoms with Gasteiger partial charge in [0.1, 0.15) is 0 Å². The first-order valence-electron chi connectivity index (χ1n) is 6.16. The predicted octanol–water partition coefficient (Wildman–Crippen LogP) is 4.73. The predicted molar refractivity (Wildman–Crippen MR) is 80.9 cm³/mol. The number of fused-ring (bicyclic) bond motifs is 1. The number of halogens is 1. The first kappa shape index (κ1) is 13.1. The Bertz CT molecular complexity index is 504. The highest BCUT2D eigenvalue weighted by atomic mass is 79.9. The van der Waals surface area contributed by atoms with E-state index in [1.165, 1.54) is 37.8 Å². The monoisotopic (exact) mass is 311 g/mol. The van der Waals surface area contributed by atoms with Crippen LogP contribution in [0.3, 0.4) is 0 Å². The van der Waals surface area contributed by atoms with Crippen LogP contribution in [-0.4, -0.2) is 6.54 Å². The number of nitrogens with one attached hydrogen (secondary N) is 1. The van der Waals surface area contributed by atoms with E-state index in [1.54, 1.807) is 0 Å². The Morgan fingerprint density at radius 3 is 2.82 bits per heavy atom. The minimum Gasteiger partial charge on any atom is -0.312 e. The zero-order chi connectivity index (χ0) is 12.3. The Labute approximate surface area is 115 Å². The van der Waals surface area contributed by atoms with E-state index in [2.05, 4.69) is 53.3 Å². The van der Waals surface area contributed by atoms with Crippen LogP contribution in [0.25, 0.3) is 10.1 Å². The van der Waals surface area contributed by atoms with Gasteiger partial charge >= 0.3 is 0 Å². The SMILES string of the molecule is CCCc1c(CNCC)sc2ccc(Br)cc12. The Hall–Kier alpha value is -0.380. The molecular weight excluding hydrogens is 294 g/mol. The van der Waals surface area contributed by atoms with Crippen molar-refractivity contribution in [2.75, 3.05) is 6.54 Å². The lowest BCUT2D eigenvalue weighted by atomic mass is 10.1. The molecule has 0 radical (unpaired) electrons. The van der Waals surface area contributed by atoms with Gasteiger partial charge in [0, 0.05) is 20.6 Å². The van der Waals surface area contributed by atoms with Crippen molar-refractivity contribution in [3.05, 3.63) is 33.1 Å². The minimum atomic E-state index is 1.00. The first-order chi connectivity index (χ1) is 8.26. The van der Waals surface area contributed by atoms with Gasteiger partial charge in [-0.15, -0.1) is 11.3 Å². The van der Waals surface area contributed by atoms with Crippen LogP contribution in [0.1, 0.15) is 30.7 Å². The zero-order valence-electron chi connectivity index (χ0n) is 10.3. The van der Waals surface area contributed by atoms with E-state index >= 15 is 0 Å². The average Bonchev–Trinajstić information content (AvgIpc) is 2.65. The molecule has 0 spiro atoms. The minimum absolute atomic E-state index is 1.00. The number of rotatable bonds is 5. The van der Waals surface area contributed by atoms with Crippen LogP contribution < -0.4 is 5.32 Å². The Morgan fingerprint density at radius 1 is 1.29 bits per heavy atom. The topological polar surface area (TPSA) is 12.0 Å². The van der Waals surface area contributed by atoms with E-state index < -0.39 is 0 Å². The second-order valence-corrected chi connectivity index (χ2v) is 6.23. The third kappa shape index (κ3) is 2.90.